The first kappa shape index (κ1) is 14.0. The maximum Gasteiger partial charge on any atom is 0.335 e. The molecular formula is C16H10Cl2O3. The van der Waals surface area contributed by atoms with Crippen molar-refractivity contribution in [2.75, 3.05) is 6.61 Å². The van der Waals surface area contributed by atoms with Gasteiger partial charge < -0.3 is 9.84 Å². The van der Waals surface area contributed by atoms with Crippen LogP contribution >= 0.6 is 23.2 Å². The van der Waals surface area contributed by atoms with Crippen LogP contribution in [0, 0.1) is 0 Å². The van der Waals surface area contributed by atoms with Crippen LogP contribution < -0.4 is 4.74 Å². The average Bonchev–Trinajstić information content (AvgIpc) is 2.49. The Morgan fingerprint density at radius 3 is 2.71 bits per heavy atom. The molecule has 0 bridgehead atoms. The lowest BCUT2D eigenvalue weighted by Gasteiger charge is -2.20. The Kier molecular flexibility index (Phi) is 3.62. The number of hydrogen-bond donors (Lipinski definition) is 1. The van der Waals surface area contributed by atoms with E-state index in [1.807, 2.05) is 12.1 Å². The highest BCUT2D eigenvalue weighted by atomic mass is 35.5. The molecule has 0 fully saturated rings. The normalized spacial score (nSPS) is 13.1. The second-order valence-electron chi connectivity index (χ2n) is 4.55. The van der Waals surface area contributed by atoms with E-state index in [0.29, 0.717) is 28.0 Å². The fraction of sp³-hybridized carbons (Fsp3) is 0.0625. The Labute approximate surface area is 131 Å². The SMILES string of the molecule is O=C(O)c1ccc2c(c1)C(c1cccc(Cl)c1Cl)=CCO2. The zero-order valence-corrected chi connectivity index (χ0v) is 12.3. The molecule has 3 rings (SSSR count). The second-order valence-corrected chi connectivity index (χ2v) is 5.33. The summed E-state index contributed by atoms with van der Waals surface area (Å²) in [7, 11) is 0. The molecular weight excluding hydrogens is 311 g/mol. The molecule has 1 aliphatic rings. The predicted octanol–water partition coefficient (Wildman–Crippen LogP) is 4.52. The first-order valence-electron chi connectivity index (χ1n) is 6.23. The Balaban J connectivity index is 2.18. The van der Waals surface area contributed by atoms with Gasteiger partial charge in [-0.2, -0.15) is 0 Å². The summed E-state index contributed by atoms with van der Waals surface area (Å²) in [5, 5.41) is 10.0. The summed E-state index contributed by atoms with van der Waals surface area (Å²) in [5.74, 6) is -0.353. The molecule has 3 nitrogen and oxygen atoms in total. The molecule has 2 aromatic rings. The topological polar surface area (TPSA) is 46.5 Å². The van der Waals surface area contributed by atoms with E-state index in [-0.39, 0.29) is 5.56 Å². The molecule has 0 aromatic heterocycles. The lowest BCUT2D eigenvalue weighted by Crippen LogP contribution is -2.07. The van der Waals surface area contributed by atoms with Gasteiger partial charge in [-0.3, -0.25) is 0 Å². The minimum absolute atomic E-state index is 0.198. The van der Waals surface area contributed by atoms with E-state index >= 15 is 0 Å². The minimum Gasteiger partial charge on any atom is -0.489 e. The van der Waals surface area contributed by atoms with E-state index in [1.165, 1.54) is 6.07 Å². The van der Waals surface area contributed by atoms with Crippen LogP contribution in [0.15, 0.2) is 42.5 Å². The maximum absolute atomic E-state index is 11.1. The van der Waals surface area contributed by atoms with Gasteiger partial charge in [0.15, 0.2) is 0 Å². The quantitative estimate of drug-likeness (QED) is 0.885. The third-order valence-electron chi connectivity index (χ3n) is 3.28. The van der Waals surface area contributed by atoms with Crippen LogP contribution in [-0.2, 0) is 0 Å². The lowest BCUT2D eigenvalue weighted by molar-refractivity contribution is 0.0697. The highest BCUT2D eigenvalue weighted by Gasteiger charge is 2.20. The van der Waals surface area contributed by atoms with Gasteiger partial charge in [0.1, 0.15) is 12.4 Å². The van der Waals surface area contributed by atoms with Crippen molar-refractivity contribution in [2.24, 2.45) is 0 Å². The van der Waals surface area contributed by atoms with Gasteiger partial charge in [-0.25, -0.2) is 4.79 Å². The molecule has 1 aliphatic heterocycles. The van der Waals surface area contributed by atoms with E-state index < -0.39 is 5.97 Å². The molecule has 21 heavy (non-hydrogen) atoms. The fourth-order valence-electron chi connectivity index (χ4n) is 2.29. The third kappa shape index (κ3) is 2.50. The van der Waals surface area contributed by atoms with Gasteiger partial charge in [0.25, 0.3) is 0 Å². The summed E-state index contributed by atoms with van der Waals surface area (Å²) in [6.07, 6.45) is 1.87. The smallest absolute Gasteiger partial charge is 0.335 e. The Hall–Kier alpha value is -1.97. The highest BCUT2D eigenvalue weighted by Crippen LogP contribution is 2.39. The first-order valence-corrected chi connectivity index (χ1v) is 6.98. The molecule has 0 atom stereocenters. The van der Waals surface area contributed by atoms with Crippen LogP contribution in [0.5, 0.6) is 5.75 Å². The fourth-order valence-corrected chi connectivity index (χ4v) is 2.69. The molecule has 0 amide bonds. The van der Waals surface area contributed by atoms with Crippen molar-refractivity contribution in [1.29, 1.82) is 0 Å². The second kappa shape index (κ2) is 5.43. The number of ether oxygens (including phenoxy) is 1. The van der Waals surface area contributed by atoms with E-state index in [4.69, 9.17) is 33.0 Å². The summed E-state index contributed by atoms with van der Waals surface area (Å²) in [6, 6.07) is 10.1. The van der Waals surface area contributed by atoms with Gasteiger partial charge in [0.05, 0.1) is 15.6 Å². The van der Waals surface area contributed by atoms with E-state index in [9.17, 15) is 4.79 Å². The minimum atomic E-state index is -0.986. The third-order valence-corrected chi connectivity index (χ3v) is 4.10. The van der Waals surface area contributed by atoms with Crippen LogP contribution in [0.4, 0.5) is 0 Å². The summed E-state index contributed by atoms with van der Waals surface area (Å²) in [4.78, 5) is 11.1. The first-order chi connectivity index (χ1) is 10.1. The van der Waals surface area contributed by atoms with E-state index in [1.54, 1.807) is 24.3 Å². The molecule has 0 saturated heterocycles. The molecule has 0 spiro atoms. The zero-order valence-electron chi connectivity index (χ0n) is 10.8. The standard InChI is InChI=1S/C16H10Cl2O3/c17-13-3-1-2-11(15(13)18)10-6-7-21-14-5-4-9(16(19)20)8-12(10)14/h1-6,8H,7H2,(H,19,20). The average molecular weight is 321 g/mol. The largest absolute Gasteiger partial charge is 0.489 e. The summed E-state index contributed by atoms with van der Waals surface area (Å²) in [5.41, 5.74) is 2.48. The van der Waals surface area contributed by atoms with Crippen molar-refractivity contribution < 1.29 is 14.6 Å². The predicted molar refractivity (Wildman–Crippen MR) is 82.4 cm³/mol. The number of hydrogen-bond acceptors (Lipinski definition) is 2. The molecule has 2 aromatic carbocycles. The number of aromatic carboxylic acids is 1. The number of carbonyl (C=O) groups is 1. The molecule has 0 aliphatic carbocycles. The Morgan fingerprint density at radius 1 is 1.14 bits per heavy atom. The van der Waals surface area contributed by atoms with Gasteiger partial charge in [-0.05, 0) is 35.9 Å². The molecule has 0 saturated carbocycles. The Morgan fingerprint density at radius 2 is 1.95 bits per heavy atom. The molecule has 1 N–H and O–H groups in total. The Bertz CT molecular complexity index is 766. The summed E-state index contributed by atoms with van der Waals surface area (Å²) < 4.78 is 5.53. The van der Waals surface area contributed by atoms with Crippen molar-refractivity contribution in [1.82, 2.24) is 0 Å². The summed E-state index contributed by atoms with van der Waals surface area (Å²) >= 11 is 12.3. The van der Waals surface area contributed by atoms with Crippen molar-refractivity contribution >= 4 is 34.7 Å². The monoisotopic (exact) mass is 320 g/mol. The zero-order chi connectivity index (χ0) is 15.0. The van der Waals surface area contributed by atoms with Crippen LogP contribution in [0.3, 0.4) is 0 Å². The van der Waals surface area contributed by atoms with Crippen molar-refractivity contribution in [2.45, 2.75) is 0 Å². The van der Waals surface area contributed by atoms with Gasteiger partial charge in [-0.15, -0.1) is 0 Å². The lowest BCUT2D eigenvalue weighted by atomic mass is 9.94. The van der Waals surface area contributed by atoms with Gasteiger partial charge >= 0.3 is 5.97 Å². The van der Waals surface area contributed by atoms with Crippen LogP contribution in [0.1, 0.15) is 21.5 Å². The van der Waals surface area contributed by atoms with Crippen molar-refractivity contribution in [3.63, 3.8) is 0 Å². The van der Waals surface area contributed by atoms with Gasteiger partial charge in [0, 0.05) is 11.1 Å². The van der Waals surface area contributed by atoms with Crippen LogP contribution in [-0.4, -0.2) is 17.7 Å². The van der Waals surface area contributed by atoms with Crippen LogP contribution in [0.25, 0.3) is 5.57 Å². The molecule has 0 unspecified atom stereocenters. The van der Waals surface area contributed by atoms with Crippen molar-refractivity contribution in [3.05, 3.63) is 69.2 Å². The van der Waals surface area contributed by atoms with Crippen LogP contribution in [0.2, 0.25) is 10.0 Å². The maximum atomic E-state index is 11.1. The highest BCUT2D eigenvalue weighted by molar-refractivity contribution is 6.43. The van der Waals surface area contributed by atoms with Gasteiger partial charge in [0.2, 0.25) is 0 Å². The van der Waals surface area contributed by atoms with Crippen molar-refractivity contribution in [3.8, 4) is 5.75 Å². The number of rotatable bonds is 2. The number of carboxylic acids is 1. The molecule has 106 valence electrons. The molecule has 0 radical (unpaired) electrons. The number of benzene rings is 2. The number of halogens is 2. The molecule has 5 heteroatoms. The van der Waals surface area contributed by atoms with E-state index in [0.717, 1.165) is 11.1 Å². The number of fused-ring (bicyclic) bond motifs is 1. The van der Waals surface area contributed by atoms with Gasteiger partial charge in [-0.1, -0.05) is 35.3 Å². The van der Waals surface area contributed by atoms with E-state index in [2.05, 4.69) is 0 Å². The number of carboxylic acid groups (broad SMARTS) is 1. The molecule has 1 heterocycles. The summed E-state index contributed by atoms with van der Waals surface area (Å²) in [6.45, 7) is 0.400.